The number of nitrogens with one attached hydrogen (secondary N) is 1. The lowest BCUT2D eigenvalue weighted by molar-refractivity contribution is -0.148. The van der Waals surface area contributed by atoms with E-state index in [1.807, 2.05) is 58.0 Å². The van der Waals surface area contributed by atoms with Gasteiger partial charge in [-0.25, -0.2) is 0 Å². The molecule has 3 atom stereocenters. The van der Waals surface area contributed by atoms with Gasteiger partial charge < -0.3 is 19.9 Å². The number of piperidine rings is 1. The third-order valence-electron chi connectivity index (χ3n) is 8.11. The van der Waals surface area contributed by atoms with Crippen LogP contribution >= 0.6 is 0 Å². The quantitative estimate of drug-likeness (QED) is 0.252. The maximum atomic E-state index is 13.9. The van der Waals surface area contributed by atoms with Crippen LogP contribution in [0.5, 0.6) is 0 Å². The lowest BCUT2D eigenvalue weighted by Crippen LogP contribution is -2.58. The zero-order valence-electron chi connectivity index (χ0n) is 27.8. The molecule has 1 heterocycles. The van der Waals surface area contributed by atoms with Crippen molar-refractivity contribution in [2.45, 2.75) is 105 Å². The zero-order chi connectivity index (χ0) is 32.3. The number of hydrogen-bond donors (Lipinski definition) is 1. The Kier molecular flexibility index (Phi) is 14.4. The second-order valence-corrected chi connectivity index (χ2v) is 12.6. The van der Waals surface area contributed by atoms with Crippen molar-refractivity contribution in [2.24, 2.45) is 11.8 Å². The van der Waals surface area contributed by atoms with Crippen molar-refractivity contribution in [3.63, 3.8) is 0 Å². The van der Waals surface area contributed by atoms with Crippen molar-refractivity contribution in [2.75, 3.05) is 26.7 Å². The summed E-state index contributed by atoms with van der Waals surface area (Å²) in [6, 6.07) is 8.38. The smallest absolute Gasteiger partial charge is 0.325 e. The van der Waals surface area contributed by atoms with Gasteiger partial charge in [-0.3, -0.25) is 24.1 Å². The van der Waals surface area contributed by atoms with E-state index in [4.69, 9.17) is 4.74 Å². The van der Waals surface area contributed by atoms with Gasteiger partial charge in [0.2, 0.25) is 17.7 Å². The van der Waals surface area contributed by atoms with Crippen molar-refractivity contribution in [3.05, 3.63) is 47.5 Å². The van der Waals surface area contributed by atoms with Crippen molar-refractivity contribution in [1.82, 2.24) is 20.0 Å². The predicted octanol–water partition coefficient (Wildman–Crippen LogP) is 4.41. The normalized spacial score (nSPS) is 17.5. The van der Waals surface area contributed by atoms with Gasteiger partial charge in [0.1, 0.15) is 12.6 Å². The Morgan fingerprint density at radius 2 is 1.67 bits per heavy atom. The summed E-state index contributed by atoms with van der Waals surface area (Å²) in [5.74, 6) is -1.21. The summed E-state index contributed by atoms with van der Waals surface area (Å²) in [5, 5.41) is 3.08. The number of benzene rings is 1. The second-order valence-electron chi connectivity index (χ2n) is 12.6. The van der Waals surface area contributed by atoms with E-state index in [1.165, 1.54) is 4.90 Å². The van der Waals surface area contributed by atoms with Crippen LogP contribution in [0.4, 0.5) is 0 Å². The van der Waals surface area contributed by atoms with Crippen LogP contribution in [-0.2, 0) is 30.5 Å². The predicted molar refractivity (Wildman–Crippen MR) is 170 cm³/mol. The summed E-state index contributed by atoms with van der Waals surface area (Å²) in [5.41, 5.74) is 1.32. The standard InChI is InChI=1S/C34H54N4O5/c1-10-43-30(39)22-37(21-27-16-12-11-13-17-27)33(41)26(8)20-29(23(2)3)36(9)34(42)31(24(4)5)35-32(40)28-18-14-15-19-38(28)25(6)7/h11-13,16-17,20,23-25,28-29,31H,10,14-15,18-19,21-22H2,1-9H3,(H,35,40)/t28?,29-,31+/m1/s1. The third-order valence-corrected chi connectivity index (χ3v) is 8.11. The van der Waals surface area contributed by atoms with Gasteiger partial charge in [0.25, 0.3) is 0 Å². The molecule has 1 N–H and O–H groups in total. The molecule has 1 aromatic rings. The first-order valence-electron chi connectivity index (χ1n) is 15.8. The number of rotatable bonds is 14. The molecule has 9 heteroatoms. The molecule has 3 amide bonds. The Bertz CT molecular complexity index is 1100. The Hall–Kier alpha value is -3.20. The summed E-state index contributed by atoms with van der Waals surface area (Å²) >= 11 is 0. The fraction of sp³-hybridized carbons (Fsp3) is 0.647. The second kappa shape index (κ2) is 17.2. The van der Waals surface area contributed by atoms with Crippen LogP contribution in [0, 0.1) is 11.8 Å². The average molecular weight is 599 g/mol. The van der Waals surface area contributed by atoms with Gasteiger partial charge in [0.15, 0.2) is 0 Å². The van der Waals surface area contributed by atoms with Crippen molar-refractivity contribution in [1.29, 1.82) is 0 Å². The number of nitrogens with zero attached hydrogens (tertiary/aromatic N) is 3. The molecular formula is C34H54N4O5. The van der Waals surface area contributed by atoms with Gasteiger partial charge in [0.05, 0.1) is 18.7 Å². The minimum absolute atomic E-state index is 0.0115. The van der Waals surface area contributed by atoms with E-state index >= 15 is 0 Å². The van der Waals surface area contributed by atoms with Crippen LogP contribution in [0.1, 0.15) is 80.2 Å². The molecule has 2 rings (SSSR count). The molecule has 1 aliphatic heterocycles. The number of ether oxygens (including phenoxy) is 1. The summed E-state index contributed by atoms with van der Waals surface area (Å²) in [7, 11) is 1.73. The van der Waals surface area contributed by atoms with Crippen molar-refractivity contribution in [3.8, 4) is 0 Å². The van der Waals surface area contributed by atoms with E-state index in [-0.39, 0.29) is 61.3 Å². The molecule has 0 spiro atoms. The minimum Gasteiger partial charge on any atom is -0.465 e. The first-order chi connectivity index (χ1) is 20.3. The molecule has 1 saturated heterocycles. The number of likely N-dealkylation sites (tertiary alicyclic amines) is 1. The molecule has 0 saturated carbocycles. The molecule has 0 bridgehead atoms. The van der Waals surface area contributed by atoms with Crippen LogP contribution < -0.4 is 5.32 Å². The molecular weight excluding hydrogens is 544 g/mol. The monoisotopic (exact) mass is 598 g/mol. The molecule has 240 valence electrons. The lowest BCUT2D eigenvalue weighted by atomic mass is 9.95. The topological polar surface area (TPSA) is 99.3 Å². The van der Waals surface area contributed by atoms with Gasteiger partial charge in [-0.2, -0.15) is 0 Å². The highest BCUT2D eigenvalue weighted by atomic mass is 16.5. The maximum absolute atomic E-state index is 13.9. The molecule has 0 radical (unpaired) electrons. The fourth-order valence-electron chi connectivity index (χ4n) is 5.68. The maximum Gasteiger partial charge on any atom is 0.325 e. The Balaban J connectivity index is 2.28. The van der Waals surface area contributed by atoms with Crippen LogP contribution in [0.2, 0.25) is 0 Å². The lowest BCUT2D eigenvalue weighted by Gasteiger charge is -2.39. The number of hydrogen-bond acceptors (Lipinski definition) is 6. The van der Waals surface area contributed by atoms with Gasteiger partial charge in [0, 0.05) is 25.2 Å². The van der Waals surface area contributed by atoms with Crippen molar-refractivity contribution >= 4 is 23.7 Å². The molecule has 1 aliphatic rings. The van der Waals surface area contributed by atoms with E-state index in [1.54, 1.807) is 31.9 Å². The summed E-state index contributed by atoms with van der Waals surface area (Å²) < 4.78 is 5.13. The average Bonchev–Trinajstić information content (AvgIpc) is 2.97. The largest absolute Gasteiger partial charge is 0.465 e. The number of carbonyl (C=O) groups excluding carboxylic acids is 4. The number of carbonyl (C=O) groups is 4. The third kappa shape index (κ3) is 10.5. The van der Waals surface area contributed by atoms with Crippen LogP contribution in [-0.4, -0.2) is 89.3 Å². The van der Waals surface area contributed by atoms with E-state index in [0.29, 0.717) is 5.57 Å². The zero-order valence-corrected chi connectivity index (χ0v) is 27.8. The Morgan fingerprint density at radius 3 is 2.23 bits per heavy atom. The summed E-state index contributed by atoms with van der Waals surface area (Å²) in [4.78, 5) is 58.8. The number of esters is 1. The van der Waals surface area contributed by atoms with Gasteiger partial charge in [-0.15, -0.1) is 0 Å². The van der Waals surface area contributed by atoms with Crippen molar-refractivity contribution < 1.29 is 23.9 Å². The van der Waals surface area contributed by atoms with Gasteiger partial charge >= 0.3 is 5.97 Å². The van der Waals surface area contributed by atoms with Gasteiger partial charge in [-0.05, 0) is 64.5 Å². The first-order valence-corrected chi connectivity index (χ1v) is 15.8. The highest BCUT2D eigenvalue weighted by Crippen LogP contribution is 2.22. The number of likely N-dealkylation sites (N-methyl/N-ethyl adjacent to an activating group) is 1. The summed E-state index contributed by atoms with van der Waals surface area (Å²) in [6.07, 6.45) is 4.64. The highest BCUT2D eigenvalue weighted by molar-refractivity contribution is 5.95. The van der Waals surface area contributed by atoms with E-state index in [0.717, 1.165) is 31.4 Å². The highest BCUT2D eigenvalue weighted by Gasteiger charge is 2.36. The van der Waals surface area contributed by atoms with E-state index in [9.17, 15) is 19.2 Å². The van der Waals surface area contributed by atoms with Crippen LogP contribution in [0.15, 0.2) is 42.0 Å². The number of amides is 3. The molecule has 0 aromatic heterocycles. The molecule has 1 unspecified atom stereocenters. The molecule has 0 aliphatic carbocycles. The van der Waals surface area contributed by atoms with Gasteiger partial charge in [-0.1, -0.05) is 70.5 Å². The summed E-state index contributed by atoms with van der Waals surface area (Å²) in [6.45, 7) is 16.7. The molecule has 1 fully saturated rings. The fourth-order valence-corrected chi connectivity index (χ4v) is 5.68. The SMILES string of the molecule is CCOC(=O)CN(Cc1ccccc1)C(=O)C(C)=C[C@H](C(C)C)N(C)C(=O)[C@@H](NC(=O)C1CCCCN1C(C)C)C(C)C. The van der Waals surface area contributed by atoms with Crippen LogP contribution in [0.3, 0.4) is 0 Å². The first kappa shape index (κ1) is 36.0. The Labute approximate surface area is 259 Å². The Morgan fingerprint density at radius 1 is 1.02 bits per heavy atom. The molecule has 1 aromatic carbocycles. The minimum atomic E-state index is -0.697. The van der Waals surface area contributed by atoms with E-state index < -0.39 is 18.1 Å². The van der Waals surface area contributed by atoms with E-state index in [2.05, 4.69) is 24.1 Å². The molecule has 43 heavy (non-hydrogen) atoms. The molecule has 9 nitrogen and oxygen atoms in total. The van der Waals surface area contributed by atoms with Crippen LogP contribution in [0.25, 0.3) is 0 Å².